The number of nitrogens with zero attached hydrogens (tertiary/aromatic N) is 2. The number of aromatic nitrogens is 2. The lowest BCUT2D eigenvalue weighted by Gasteiger charge is -2.15. The van der Waals surface area contributed by atoms with Crippen LogP contribution in [0.5, 0.6) is 0 Å². The average Bonchev–Trinajstić information content (AvgIpc) is 3.28. The first-order valence-corrected chi connectivity index (χ1v) is 10.8. The molecule has 30 heavy (non-hydrogen) atoms. The number of para-hydroxylation sites is 2. The molecule has 0 unspecified atom stereocenters. The zero-order valence-electron chi connectivity index (χ0n) is 16.5. The van der Waals surface area contributed by atoms with E-state index < -0.39 is 11.2 Å². The molecule has 7 nitrogen and oxygen atoms in total. The van der Waals surface area contributed by atoms with Crippen molar-refractivity contribution in [1.29, 1.82) is 0 Å². The lowest BCUT2D eigenvalue weighted by atomic mass is 10.2. The maximum Gasteiger partial charge on any atom is 0.338 e. The quantitative estimate of drug-likeness (QED) is 0.463. The summed E-state index contributed by atoms with van der Waals surface area (Å²) in [6.07, 6.45) is 0.856. The molecule has 0 bridgehead atoms. The summed E-state index contributed by atoms with van der Waals surface area (Å²) in [4.78, 5) is 46.0. The summed E-state index contributed by atoms with van der Waals surface area (Å²) in [5.74, 6) is 0.664. The zero-order valence-corrected chi connectivity index (χ0v) is 17.3. The third kappa shape index (κ3) is 4.09. The summed E-state index contributed by atoms with van der Waals surface area (Å²) < 4.78 is 4.96. The number of amides is 2. The highest BCUT2D eigenvalue weighted by Gasteiger charge is 2.39. The Morgan fingerprint density at radius 1 is 1.20 bits per heavy atom. The molecule has 1 aromatic heterocycles. The molecular weight excluding hydrogens is 402 g/mol. The molecule has 4 rings (SSSR count). The van der Waals surface area contributed by atoms with Crippen LogP contribution in [0.15, 0.2) is 48.5 Å². The minimum atomic E-state index is -0.429. The fourth-order valence-electron chi connectivity index (χ4n) is 3.39. The summed E-state index contributed by atoms with van der Waals surface area (Å²) >= 11 is 1.47. The molecule has 1 saturated heterocycles. The maximum absolute atomic E-state index is 12.8. The number of fused-ring (bicyclic) bond motifs is 1. The number of aromatic amines is 1. The predicted molar refractivity (Wildman–Crippen MR) is 116 cm³/mol. The van der Waals surface area contributed by atoms with E-state index in [2.05, 4.69) is 9.97 Å². The molecule has 1 aliphatic heterocycles. The van der Waals surface area contributed by atoms with Crippen molar-refractivity contribution in [2.45, 2.75) is 25.0 Å². The third-order valence-electron chi connectivity index (χ3n) is 4.84. The fourth-order valence-corrected chi connectivity index (χ4v) is 4.49. The number of carbonyl (C=O) groups is 3. The summed E-state index contributed by atoms with van der Waals surface area (Å²) in [6, 6.07) is 14.2. The number of imide groups is 1. The van der Waals surface area contributed by atoms with E-state index in [0.717, 1.165) is 16.9 Å². The number of anilines is 1. The molecule has 154 valence electrons. The van der Waals surface area contributed by atoms with Gasteiger partial charge in [0.2, 0.25) is 11.8 Å². The summed E-state index contributed by atoms with van der Waals surface area (Å²) in [6.45, 7) is 2.02. The Hall–Kier alpha value is -3.13. The van der Waals surface area contributed by atoms with Crippen LogP contribution in [0, 0.1) is 0 Å². The lowest BCUT2D eigenvalue weighted by molar-refractivity contribution is -0.121. The molecular formula is C22H21N3O4S. The van der Waals surface area contributed by atoms with E-state index in [0.29, 0.717) is 23.4 Å². The van der Waals surface area contributed by atoms with Gasteiger partial charge >= 0.3 is 5.97 Å². The van der Waals surface area contributed by atoms with Gasteiger partial charge in [-0.1, -0.05) is 12.1 Å². The lowest BCUT2D eigenvalue weighted by Crippen LogP contribution is -2.31. The molecule has 1 aliphatic rings. The fraction of sp³-hybridized carbons (Fsp3) is 0.273. The van der Waals surface area contributed by atoms with Gasteiger partial charge in [0.25, 0.3) is 0 Å². The van der Waals surface area contributed by atoms with Gasteiger partial charge in [-0.15, -0.1) is 11.8 Å². The molecule has 8 heteroatoms. The Bertz CT molecular complexity index is 1060. The molecule has 0 radical (unpaired) electrons. The van der Waals surface area contributed by atoms with Gasteiger partial charge in [0.05, 0.1) is 34.1 Å². The van der Waals surface area contributed by atoms with Crippen LogP contribution in [0.3, 0.4) is 0 Å². The van der Waals surface area contributed by atoms with Gasteiger partial charge < -0.3 is 9.72 Å². The summed E-state index contributed by atoms with van der Waals surface area (Å²) in [7, 11) is 0. The molecule has 1 atom stereocenters. The van der Waals surface area contributed by atoms with Crippen molar-refractivity contribution >= 4 is 46.3 Å². The van der Waals surface area contributed by atoms with Crippen LogP contribution in [-0.4, -0.2) is 45.4 Å². The highest BCUT2D eigenvalue weighted by atomic mass is 32.2. The van der Waals surface area contributed by atoms with E-state index in [9.17, 15) is 14.4 Å². The molecule has 0 saturated carbocycles. The molecule has 3 aromatic rings. The van der Waals surface area contributed by atoms with Gasteiger partial charge in [-0.05, 0) is 43.3 Å². The van der Waals surface area contributed by atoms with Gasteiger partial charge in [-0.3, -0.25) is 9.59 Å². The zero-order chi connectivity index (χ0) is 21.1. The van der Waals surface area contributed by atoms with E-state index in [1.165, 1.54) is 16.7 Å². The molecule has 1 N–H and O–H groups in total. The van der Waals surface area contributed by atoms with Crippen molar-refractivity contribution in [2.24, 2.45) is 0 Å². The van der Waals surface area contributed by atoms with E-state index in [1.807, 2.05) is 24.3 Å². The molecule has 1 fully saturated rings. The topological polar surface area (TPSA) is 92.4 Å². The molecule has 0 aliphatic carbocycles. The molecule has 2 aromatic carbocycles. The highest BCUT2D eigenvalue weighted by Crippen LogP contribution is 2.30. The number of benzene rings is 2. The van der Waals surface area contributed by atoms with Gasteiger partial charge in [0, 0.05) is 18.6 Å². The first kappa shape index (κ1) is 20.2. The number of rotatable bonds is 7. The van der Waals surface area contributed by atoms with Crippen LogP contribution in [-0.2, 0) is 20.7 Å². The Balaban J connectivity index is 1.37. The Morgan fingerprint density at radius 2 is 1.97 bits per heavy atom. The largest absolute Gasteiger partial charge is 0.462 e. The maximum atomic E-state index is 12.8. The van der Waals surface area contributed by atoms with Crippen LogP contribution in [0.4, 0.5) is 5.69 Å². The second-order valence-electron chi connectivity index (χ2n) is 6.85. The second kappa shape index (κ2) is 8.71. The minimum absolute atomic E-state index is 0.170. The predicted octanol–water partition coefficient (Wildman–Crippen LogP) is 3.35. The van der Waals surface area contributed by atoms with E-state index in [1.54, 1.807) is 31.2 Å². The van der Waals surface area contributed by atoms with Crippen molar-refractivity contribution in [3.63, 3.8) is 0 Å². The number of aryl methyl sites for hydroxylation is 1. The van der Waals surface area contributed by atoms with Crippen molar-refractivity contribution in [1.82, 2.24) is 9.97 Å². The average molecular weight is 423 g/mol. The number of carbonyl (C=O) groups excluding carboxylic acids is 3. The second-order valence-corrected chi connectivity index (χ2v) is 8.16. The van der Waals surface area contributed by atoms with E-state index in [4.69, 9.17) is 4.74 Å². The van der Waals surface area contributed by atoms with Crippen LogP contribution < -0.4 is 4.90 Å². The SMILES string of the molecule is CCOC(=O)c1ccc(N2C(=O)C[C@H](SCCc3nc4ccccc4[nH]3)C2=O)cc1. The van der Waals surface area contributed by atoms with Crippen LogP contribution in [0.25, 0.3) is 11.0 Å². The summed E-state index contributed by atoms with van der Waals surface area (Å²) in [5, 5.41) is -0.411. The van der Waals surface area contributed by atoms with E-state index >= 15 is 0 Å². The number of thioether (sulfide) groups is 1. The Kier molecular flexibility index (Phi) is 5.85. The number of hydrogen-bond acceptors (Lipinski definition) is 6. The number of hydrogen-bond donors (Lipinski definition) is 1. The Labute approximate surface area is 177 Å². The first-order valence-electron chi connectivity index (χ1n) is 9.76. The number of esters is 1. The van der Waals surface area contributed by atoms with Crippen LogP contribution in [0.2, 0.25) is 0 Å². The number of nitrogens with one attached hydrogen (secondary N) is 1. The van der Waals surface area contributed by atoms with Crippen LogP contribution in [0.1, 0.15) is 29.5 Å². The van der Waals surface area contributed by atoms with Crippen LogP contribution >= 0.6 is 11.8 Å². The first-order chi connectivity index (χ1) is 14.6. The van der Waals surface area contributed by atoms with Gasteiger partial charge in [0.15, 0.2) is 0 Å². The van der Waals surface area contributed by atoms with E-state index in [-0.39, 0.29) is 24.8 Å². The van der Waals surface area contributed by atoms with Gasteiger partial charge in [-0.2, -0.15) is 0 Å². The summed E-state index contributed by atoms with van der Waals surface area (Å²) in [5.41, 5.74) is 2.76. The molecule has 0 spiro atoms. The monoisotopic (exact) mass is 423 g/mol. The smallest absolute Gasteiger partial charge is 0.338 e. The number of ether oxygens (including phenoxy) is 1. The number of H-pyrrole nitrogens is 1. The van der Waals surface area contributed by atoms with Crippen molar-refractivity contribution in [2.75, 3.05) is 17.3 Å². The molecule has 2 heterocycles. The minimum Gasteiger partial charge on any atom is -0.462 e. The van der Waals surface area contributed by atoms with Gasteiger partial charge in [-0.25, -0.2) is 14.7 Å². The van der Waals surface area contributed by atoms with Gasteiger partial charge in [0.1, 0.15) is 5.82 Å². The molecule has 2 amide bonds. The van der Waals surface area contributed by atoms with Crippen molar-refractivity contribution in [3.8, 4) is 0 Å². The Morgan fingerprint density at radius 3 is 2.70 bits per heavy atom. The van der Waals surface area contributed by atoms with Crippen molar-refractivity contribution < 1.29 is 19.1 Å². The number of imidazole rings is 1. The van der Waals surface area contributed by atoms with Crippen molar-refractivity contribution in [3.05, 3.63) is 59.9 Å². The highest BCUT2D eigenvalue weighted by molar-refractivity contribution is 8.00. The standard InChI is InChI=1S/C22H21N3O4S/c1-2-29-22(28)14-7-9-15(10-8-14)25-20(26)13-18(21(25)27)30-12-11-19-23-16-5-3-4-6-17(16)24-19/h3-10,18H,2,11-13H2,1H3,(H,23,24)/t18-/m0/s1. The normalized spacial score (nSPS) is 16.4. The third-order valence-corrected chi connectivity index (χ3v) is 6.05.